The Morgan fingerprint density at radius 2 is 1.42 bits per heavy atom. The van der Waals surface area contributed by atoms with Crippen LogP contribution in [0.5, 0.6) is 0 Å². The van der Waals surface area contributed by atoms with Crippen molar-refractivity contribution >= 4 is 17.3 Å². The van der Waals surface area contributed by atoms with E-state index < -0.39 is 4.92 Å². The molecule has 0 N–H and O–H groups in total. The lowest BCUT2D eigenvalue weighted by atomic mass is 9.96. The average Bonchev–Trinajstić information content (AvgIpc) is 3.22. The topological polar surface area (TPSA) is 66.9 Å². The predicted octanol–water partition coefficient (Wildman–Crippen LogP) is 4.43. The van der Waals surface area contributed by atoms with Crippen LogP contribution in [0.1, 0.15) is 17.2 Å². The Labute approximate surface area is 188 Å². The molecule has 7 nitrogen and oxygen atoms in total. The first-order valence-electron chi connectivity index (χ1n) is 10.6. The Morgan fingerprint density at radius 1 is 0.848 bits per heavy atom. The summed E-state index contributed by atoms with van der Waals surface area (Å²) in [6, 6.07) is 17.7. The molecule has 1 saturated heterocycles. The van der Waals surface area contributed by atoms with Crippen molar-refractivity contribution in [3.05, 3.63) is 106 Å². The average molecular weight is 449 g/mol. The number of imidazole rings is 1. The first-order valence-corrected chi connectivity index (χ1v) is 10.6. The molecule has 1 aliphatic heterocycles. The Kier molecular flexibility index (Phi) is 5.47. The minimum Gasteiger partial charge on any atom is -0.358 e. The smallest absolute Gasteiger partial charge is 0.358 e. The van der Waals surface area contributed by atoms with Gasteiger partial charge in [0.25, 0.3) is 0 Å². The van der Waals surface area contributed by atoms with Crippen LogP contribution in [0, 0.1) is 21.7 Å². The van der Waals surface area contributed by atoms with Crippen molar-refractivity contribution < 1.29 is 13.7 Å². The van der Waals surface area contributed by atoms with Crippen LogP contribution in [0.25, 0.3) is 5.65 Å². The fraction of sp³-hybridized carbons (Fsp3) is 0.208. The number of aromatic nitrogens is 2. The number of nitro groups is 1. The first-order chi connectivity index (χ1) is 16.0. The lowest BCUT2D eigenvalue weighted by Gasteiger charge is -2.39. The molecule has 2 aromatic carbocycles. The molecule has 1 aliphatic rings. The van der Waals surface area contributed by atoms with Crippen LogP contribution in [0.2, 0.25) is 0 Å². The number of pyridine rings is 1. The molecule has 168 valence electrons. The van der Waals surface area contributed by atoms with E-state index in [1.54, 1.807) is 48.7 Å². The van der Waals surface area contributed by atoms with Gasteiger partial charge in [0.2, 0.25) is 11.5 Å². The number of hydrogen-bond acceptors (Lipinski definition) is 5. The van der Waals surface area contributed by atoms with Crippen LogP contribution in [-0.4, -0.2) is 45.4 Å². The summed E-state index contributed by atoms with van der Waals surface area (Å²) in [6.07, 6.45) is 1.64. The lowest BCUT2D eigenvalue weighted by molar-refractivity contribution is -0.389. The molecule has 5 rings (SSSR count). The fourth-order valence-electron chi connectivity index (χ4n) is 4.45. The normalized spacial score (nSPS) is 14.8. The summed E-state index contributed by atoms with van der Waals surface area (Å²) < 4.78 is 28.6. The number of piperazine rings is 1. The molecule has 3 heterocycles. The highest BCUT2D eigenvalue weighted by atomic mass is 19.1. The molecule has 4 aromatic rings. The third-order valence-electron chi connectivity index (χ3n) is 6.01. The van der Waals surface area contributed by atoms with Gasteiger partial charge in [0.05, 0.1) is 12.2 Å². The molecule has 0 saturated carbocycles. The molecule has 9 heteroatoms. The number of hydrogen-bond donors (Lipinski definition) is 0. The Balaban J connectivity index is 1.43. The number of benzene rings is 2. The molecule has 0 atom stereocenters. The van der Waals surface area contributed by atoms with Crippen LogP contribution in [0.3, 0.4) is 0 Å². The van der Waals surface area contributed by atoms with Crippen molar-refractivity contribution in [3.8, 4) is 0 Å². The number of nitrogens with zero attached hydrogens (tertiary/aromatic N) is 5. The zero-order valence-corrected chi connectivity index (χ0v) is 17.6. The second kappa shape index (κ2) is 8.59. The largest absolute Gasteiger partial charge is 0.372 e. The summed E-state index contributed by atoms with van der Waals surface area (Å²) in [7, 11) is 0. The van der Waals surface area contributed by atoms with Crippen molar-refractivity contribution in [3.63, 3.8) is 0 Å². The lowest BCUT2D eigenvalue weighted by Crippen LogP contribution is -2.48. The molecule has 0 aliphatic carbocycles. The minimum absolute atomic E-state index is 0.0485. The van der Waals surface area contributed by atoms with E-state index in [9.17, 15) is 18.9 Å². The molecular weight excluding hydrogens is 428 g/mol. The summed E-state index contributed by atoms with van der Waals surface area (Å²) in [6.45, 7) is 2.27. The molecule has 0 amide bonds. The summed E-state index contributed by atoms with van der Waals surface area (Å²) >= 11 is 0. The van der Waals surface area contributed by atoms with E-state index in [-0.39, 0.29) is 23.5 Å². The maximum Gasteiger partial charge on any atom is 0.372 e. The van der Waals surface area contributed by atoms with Gasteiger partial charge in [-0.15, -0.1) is 0 Å². The zero-order chi connectivity index (χ0) is 22.9. The third-order valence-corrected chi connectivity index (χ3v) is 6.01. The molecule has 1 fully saturated rings. The van der Waals surface area contributed by atoms with Crippen molar-refractivity contribution in [1.82, 2.24) is 14.3 Å². The SMILES string of the molecule is O=[N+]([O-])c1c(N2CCN(C(c3ccc(F)cc3)c3ccc(F)cc3)CC2)nc2ccccn12. The number of fused-ring (bicyclic) bond motifs is 1. The van der Waals surface area contributed by atoms with Gasteiger partial charge < -0.3 is 15.0 Å². The molecule has 0 bridgehead atoms. The summed E-state index contributed by atoms with van der Waals surface area (Å²) in [4.78, 5) is 20.0. The number of anilines is 1. The van der Waals surface area contributed by atoms with E-state index in [0.29, 0.717) is 37.6 Å². The Hall–Kier alpha value is -3.85. The van der Waals surface area contributed by atoms with Crippen LogP contribution >= 0.6 is 0 Å². The number of halogens is 2. The van der Waals surface area contributed by atoms with Crippen LogP contribution in [-0.2, 0) is 0 Å². The van der Waals surface area contributed by atoms with Gasteiger partial charge in [-0.25, -0.2) is 8.78 Å². The quantitative estimate of drug-likeness (QED) is 0.333. The highest BCUT2D eigenvalue weighted by Crippen LogP contribution is 2.33. The molecule has 33 heavy (non-hydrogen) atoms. The van der Waals surface area contributed by atoms with Crippen molar-refractivity contribution in [2.24, 2.45) is 0 Å². The molecule has 0 unspecified atom stereocenters. The maximum absolute atomic E-state index is 13.5. The van der Waals surface area contributed by atoms with Gasteiger partial charge in [-0.2, -0.15) is 9.38 Å². The fourth-order valence-corrected chi connectivity index (χ4v) is 4.45. The third kappa shape index (κ3) is 4.03. The molecule has 0 spiro atoms. The van der Waals surface area contributed by atoms with E-state index in [2.05, 4.69) is 9.88 Å². The van der Waals surface area contributed by atoms with E-state index >= 15 is 0 Å². The van der Waals surface area contributed by atoms with E-state index in [0.717, 1.165) is 11.1 Å². The van der Waals surface area contributed by atoms with Crippen LogP contribution in [0.15, 0.2) is 72.9 Å². The van der Waals surface area contributed by atoms with Crippen molar-refractivity contribution in [2.75, 3.05) is 31.1 Å². The van der Waals surface area contributed by atoms with E-state index in [1.165, 1.54) is 28.7 Å². The highest BCUT2D eigenvalue weighted by Gasteiger charge is 2.32. The van der Waals surface area contributed by atoms with Gasteiger partial charge in [-0.1, -0.05) is 30.3 Å². The zero-order valence-electron chi connectivity index (χ0n) is 17.6. The van der Waals surface area contributed by atoms with Gasteiger partial charge in [-0.3, -0.25) is 4.90 Å². The van der Waals surface area contributed by atoms with Gasteiger partial charge in [0, 0.05) is 32.2 Å². The Bertz CT molecular complexity index is 1240. The molecule has 0 radical (unpaired) electrons. The van der Waals surface area contributed by atoms with Crippen molar-refractivity contribution in [1.29, 1.82) is 0 Å². The Morgan fingerprint density at radius 3 is 1.97 bits per heavy atom. The summed E-state index contributed by atoms with van der Waals surface area (Å²) in [5, 5.41) is 11.8. The monoisotopic (exact) mass is 449 g/mol. The second-order valence-corrected chi connectivity index (χ2v) is 7.97. The molecular formula is C24H21F2N5O2. The van der Waals surface area contributed by atoms with Crippen molar-refractivity contribution in [2.45, 2.75) is 6.04 Å². The van der Waals surface area contributed by atoms with E-state index in [4.69, 9.17) is 0 Å². The van der Waals surface area contributed by atoms with Gasteiger partial charge in [-0.05, 0) is 46.4 Å². The molecule has 2 aromatic heterocycles. The van der Waals surface area contributed by atoms with Gasteiger partial charge in [0.15, 0.2) is 0 Å². The van der Waals surface area contributed by atoms with E-state index in [1.807, 2.05) is 4.90 Å². The maximum atomic E-state index is 13.5. The predicted molar refractivity (Wildman–Crippen MR) is 120 cm³/mol. The van der Waals surface area contributed by atoms with Crippen LogP contribution in [0.4, 0.5) is 20.4 Å². The summed E-state index contributed by atoms with van der Waals surface area (Å²) in [5.74, 6) is -0.334. The number of rotatable bonds is 5. The van der Waals surface area contributed by atoms with Gasteiger partial charge in [0.1, 0.15) is 11.6 Å². The van der Waals surface area contributed by atoms with Crippen LogP contribution < -0.4 is 4.90 Å². The minimum atomic E-state index is -0.401. The summed E-state index contributed by atoms with van der Waals surface area (Å²) in [5.41, 5.74) is 2.32. The highest BCUT2D eigenvalue weighted by molar-refractivity contribution is 5.63. The standard InChI is InChI=1S/C24H21F2N5O2/c25-19-8-4-17(5-9-19)22(18-6-10-20(26)11-7-18)28-13-15-29(16-14-28)23-24(31(32)33)30-12-2-1-3-21(30)27-23/h1-12,22H,13-16H2. The second-order valence-electron chi connectivity index (χ2n) is 7.97. The van der Waals surface area contributed by atoms with Gasteiger partial charge >= 0.3 is 5.82 Å². The first kappa shape index (κ1) is 21.0.